The Morgan fingerprint density at radius 2 is 1.69 bits per heavy atom. The number of hydrogen-bond donors (Lipinski definition) is 2. The lowest BCUT2D eigenvalue weighted by Crippen LogP contribution is -2.29. The third-order valence-corrected chi connectivity index (χ3v) is 9.40. The van der Waals surface area contributed by atoms with Gasteiger partial charge in [-0.25, -0.2) is 13.2 Å². The molecule has 8 nitrogen and oxygen atoms in total. The first-order valence-electron chi connectivity index (χ1n) is 13.0. The van der Waals surface area contributed by atoms with Gasteiger partial charge in [-0.05, 0) is 73.0 Å². The molecule has 0 unspecified atom stereocenters. The van der Waals surface area contributed by atoms with Crippen LogP contribution in [0.2, 0.25) is 5.02 Å². The van der Waals surface area contributed by atoms with Crippen molar-refractivity contribution in [2.45, 2.75) is 31.3 Å². The monoisotopic (exact) mass is 645 g/mol. The quantitative estimate of drug-likeness (QED) is 0.198. The van der Waals surface area contributed by atoms with Crippen LogP contribution < -0.4 is 10.0 Å². The topological polar surface area (TPSA) is 105 Å². The Balaban J connectivity index is 0.00000405. The van der Waals surface area contributed by atoms with Crippen LogP contribution in [0.5, 0.6) is 0 Å². The highest BCUT2D eigenvalue weighted by Gasteiger charge is 2.30. The molecule has 0 aliphatic carbocycles. The summed E-state index contributed by atoms with van der Waals surface area (Å²) < 4.78 is 33.2. The van der Waals surface area contributed by atoms with Crippen LogP contribution in [-0.4, -0.2) is 38.3 Å². The molecule has 2 heterocycles. The largest absolute Gasteiger partial charge is 0.462 e. The second-order valence-corrected chi connectivity index (χ2v) is 12.7. The van der Waals surface area contributed by atoms with Gasteiger partial charge in [-0.1, -0.05) is 41.9 Å². The first kappa shape index (κ1) is 31.5. The highest BCUT2D eigenvalue weighted by Crippen LogP contribution is 2.38. The maximum atomic E-state index is 13.2. The van der Waals surface area contributed by atoms with E-state index in [1.165, 1.54) is 65.4 Å². The summed E-state index contributed by atoms with van der Waals surface area (Å²) in [5, 5.41) is 3.78. The predicted molar refractivity (Wildman–Crippen MR) is 168 cm³/mol. The second kappa shape index (κ2) is 13.7. The molecule has 3 aromatic carbocycles. The van der Waals surface area contributed by atoms with Crippen molar-refractivity contribution in [3.8, 4) is 0 Å². The van der Waals surface area contributed by atoms with Gasteiger partial charge in [-0.3, -0.25) is 14.4 Å². The van der Waals surface area contributed by atoms with Crippen LogP contribution in [0.3, 0.4) is 0 Å². The average molecular weight is 647 g/mol. The Bertz CT molecular complexity index is 1660. The summed E-state index contributed by atoms with van der Waals surface area (Å²) in [6, 6.07) is 22.1. The van der Waals surface area contributed by atoms with E-state index in [0.29, 0.717) is 39.8 Å². The molecular formula is C30H29Cl2N3O5S2. The molecule has 1 aliphatic rings. The van der Waals surface area contributed by atoms with E-state index >= 15 is 0 Å². The molecule has 42 heavy (non-hydrogen) atoms. The van der Waals surface area contributed by atoms with Gasteiger partial charge < -0.3 is 10.1 Å². The summed E-state index contributed by atoms with van der Waals surface area (Å²) in [4.78, 5) is 29.6. The summed E-state index contributed by atoms with van der Waals surface area (Å²) in [5.74, 6) is -0.869. The van der Waals surface area contributed by atoms with Crippen LogP contribution in [0, 0.1) is 0 Å². The molecule has 0 saturated heterocycles. The van der Waals surface area contributed by atoms with Gasteiger partial charge in [0.05, 0.1) is 17.1 Å². The number of anilines is 2. The Labute approximate surface area is 260 Å². The lowest BCUT2D eigenvalue weighted by Gasteiger charge is -2.27. The molecule has 0 fully saturated rings. The Morgan fingerprint density at radius 1 is 1.00 bits per heavy atom. The molecule has 0 bridgehead atoms. The Kier molecular flexibility index (Phi) is 10.3. The number of halogens is 2. The van der Waals surface area contributed by atoms with E-state index in [1.54, 1.807) is 6.92 Å². The molecule has 1 aromatic heterocycles. The highest BCUT2D eigenvalue weighted by atomic mass is 35.5. The fraction of sp³-hybridized carbons (Fsp3) is 0.200. The molecule has 0 spiro atoms. The third-order valence-electron chi connectivity index (χ3n) is 6.61. The lowest BCUT2D eigenvalue weighted by atomic mass is 10.0. The number of ether oxygens (including phenoxy) is 1. The number of carbonyl (C=O) groups is 2. The molecule has 1 amide bonds. The third kappa shape index (κ3) is 7.32. The smallest absolute Gasteiger partial charge is 0.341 e. The average Bonchev–Trinajstić information content (AvgIpc) is 3.31. The summed E-state index contributed by atoms with van der Waals surface area (Å²) >= 11 is 7.24. The minimum absolute atomic E-state index is 0. The van der Waals surface area contributed by atoms with E-state index in [0.717, 1.165) is 23.5 Å². The molecule has 2 N–H and O–H groups in total. The number of esters is 1. The van der Waals surface area contributed by atoms with Crippen molar-refractivity contribution in [1.29, 1.82) is 0 Å². The minimum atomic E-state index is -3.82. The van der Waals surface area contributed by atoms with Gasteiger partial charge in [-0.15, -0.1) is 23.7 Å². The number of rotatable bonds is 9. The number of benzene rings is 3. The van der Waals surface area contributed by atoms with Crippen LogP contribution >= 0.6 is 35.3 Å². The summed E-state index contributed by atoms with van der Waals surface area (Å²) in [6.07, 6.45) is 0.672. The molecule has 12 heteroatoms. The zero-order valence-electron chi connectivity index (χ0n) is 22.6. The van der Waals surface area contributed by atoms with Crippen LogP contribution in [0.15, 0.2) is 83.8 Å². The minimum Gasteiger partial charge on any atom is -0.462 e. The number of sulfonamides is 1. The van der Waals surface area contributed by atoms with Gasteiger partial charge in [0.1, 0.15) is 5.00 Å². The number of carbonyl (C=O) groups excluding carboxylic acids is 2. The van der Waals surface area contributed by atoms with Crippen LogP contribution in [0.4, 0.5) is 10.7 Å². The van der Waals surface area contributed by atoms with Crippen molar-refractivity contribution < 1.29 is 22.7 Å². The van der Waals surface area contributed by atoms with Crippen LogP contribution in [-0.2, 0) is 34.3 Å². The number of thiophene rings is 1. The van der Waals surface area contributed by atoms with Crippen molar-refractivity contribution in [1.82, 2.24) is 4.90 Å². The van der Waals surface area contributed by atoms with E-state index in [4.69, 9.17) is 16.3 Å². The van der Waals surface area contributed by atoms with Crippen LogP contribution in [0.1, 0.15) is 43.6 Å². The number of amides is 1. The first-order valence-corrected chi connectivity index (χ1v) is 15.7. The molecule has 220 valence electrons. The molecule has 0 radical (unpaired) electrons. The Morgan fingerprint density at radius 3 is 2.36 bits per heavy atom. The standard InChI is InChI=1S/C30H28ClN3O5S2.ClH/c1-2-39-30(36)27-25-16-17-34(18-20-6-4-3-5-7-20)19-26(25)40-29(27)32-28(35)21-8-12-23(13-9-21)33-41(37,38)24-14-10-22(31)11-15-24;/h3-15,33H,2,16-19H2,1H3,(H,32,35);1H. The molecule has 1 aliphatic heterocycles. The molecule has 0 atom stereocenters. The van der Waals surface area contributed by atoms with Gasteiger partial charge in [0.2, 0.25) is 0 Å². The van der Waals surface area contributed by atoms with Crippen molar-refractivity contribution in [2.24, 2.45) is 0 Å². The summed E-state index contributed by atoms with van der Waals surface area (Å²) in [7, 11) is -3.82. The number of nitrogens with zero attached hydrogens (tertiary/aromatic N) is 1. The fourth-order valence-electron chi connectivity index (χ4n) is 4.63. The molecule has 5 rings (SSSR count). The van der Waals surface area contributed by atoms with E-state index in [2.05, 4.69) is 27.1 Å². The van der Waals surface area contributed by atoms with Crippen molar-refractivity contribution in [3.05, 3.63) is 111 Å². The SMILES string of the molecule is CCOC(=O)c1c(NC(=O)c2ccc(NS(=O)(=O)c3ccc(Cl)cc3)cc2)sc2c1CCN(Cc1ccccc1)C2.Cl. The fourth-order valence-corrected chi connectivity index (χ4v) is 7.09. The lowest BCUT2D eigenvalue weighted by molar-refractivity contribution is 0.0526. The maximum Gasteiger partial charge on any atom is 0.341 e. The number of nitrogens with one attached hydrogen (secondary N) is 2. The predicted octanol–water partition coefficient (Wildman–Crippen LogP) is 6.61. The van der Waals surface area contributed by atoms with Gasteiger partial charge in [-0.2, -0.15) is 0 Å². The zero-order valence-corrected chi connectivity index (χ0v) is 25.8. The summed E-state index contributed by atoms with van der Waals surface area (Å²) in [5.41, 5.74) is 3.15. The number of fused-ring (bicyclic) bond motifs is 1. The van der Waals surface area contributed by atoms with E-state index in [9.17, 15) is 18.0 Å². The molecule has 4 aromatic rings. The van der Waals surface area contributed by atoms with Crippen LogP contribution in [0.25, 0.3) is 0 Å². The normalized spacial score (nSPS) is 13.0. The first-order chi connectivity index (χ1) is 19.7. The van der Waals surface area contributed by atoms with Crippen molar-refractivity contribution in [3.63, 3.8) is 0 Å². The van der Waals surface area contributed by atoms with E-state index in [-0.39, 0.29) is 23.9 Å². The van der Waals surface area contributed by atoms with Gasteiger partial charge >= 0.3 is 5.97 Å². The van der Waals surface area contributed by atoms with Crippen molar-refractivity contribution >= 4 is 67.9 Å². The summed E-state index contributed by atoms with van der Waals surface area (Å²) in [6.45, 7) is 4.22. The zero-order chi connectivity index (χ0) is 29.0. The maximum absolute atomic E-state index is 13.2. The Hall–Kier alpha value is -3.41. The molecule has 0 saturated carbocycles. The van der Waals surface area contributed by atoms with Crippen molar-refractivity contribution in [2.75, 3.05) is 23.2 Å². The number of hydrogen-bond acceptors (Lipinski definition) is 7. The van der Waals surface area contributed by atoms with Gasteiger partial charge in [0.25, 0.3) is 15.9 Å². The van der Waals surface area contributed by atoms with E-state index in [1.807, 2.05) is 18.2 Å². The van der Waals surface area contributed by atoms with Gasteiger partial charge in [0.15, 0.2) is 0 Å². The van der Waals surface area contributed by atoms with Gasteiger partial charge in [0, 0.05) is 40.8 Å². The van der Waals surface area contributed by atoms with E-state index < -0.39 is 21.9 Å². The second-order valence-electron chi connectivity index (χ2n) is 9.47. The highest BCUT2D eigenvalue weighted by molar-refractivity contribution is 7.92. The molecular weight excluding hydrogens is 617 g/mol.